The Labute approximate surface area is 406 Å². The third kappa shape index (κ3) is 6.90. The van der Waals surface area contributed by atoms with Gasteiger partial charge in [-0.1, -0.05) is 92.9 Å². The summed E-state index contributed by atoms with van der Waals surface area (Å²) < 4.78 is 0. The Balaban J connectivity index is 0.933. The van der Waals surface area contributed by atoms with E-state index in [0.29, 0.717) is 90.6 Å². The van der Waals surface area contributed by atoms with Gasteiger partial charge in [0.1, 0.15) is 0 Å². The van der Waals surface area contributed by atoms with Crippen molar-refractivity contribution in [2.45, 2.75) is 91.9 Å². The highest BCUT2D eigenvalue weighted by molar-refractivity contribution is 6.37. The molecule has 10 heteroatoms. The fourth-order valence-corrected chi connectivity index (χ4v) is 10.6. The average Bonchev–Trinajstić information content (AvgIpc) is 3.71. The van der Waals surface area contributed by atoms with E-state index in [9.17, 15) is 19.2 Å². The number of aromatic nitrogens is 4. The van der Waals surface area contributed by atoms with Gasteiger partial charge in [-0.3, -0.25) is 19.2 Å². The van der Waals surface area contributed by atoms with E-state index in [1.54, 1.807) is 36.4 Å². The van der Waals surface area contributed by atoms with E-state index >= 15 is 0 Å². The summed E-state index contributed by atoms with van der Waals surface area (Å²) in [5.41, 5.74) is 17.2. The van der Waals surface area contributed by atoms with Crippen LogP contribution in [0.3, 0.4) is 0 Å². The number of carbonyl (C=O) groups is 4. The molecule has 3 aliphatic rings. The lowest BCUT2D eigenvalue weighted by molar-refractivity contribution is 0.0909. The molecule has 0 N–H and O–H groups in total. The van der Waals surface area contributed by atoms with Crippen LogP contribution in [0.4, 0.5) is 11.4 Å². The van der Waals surface area contributed by atoms with Crippen LogP contribution in [-0.2, 0) is 12.8 Å². The number of hydrogen-bond donors (Lipinski definition) is 0. The summed E-state index contributed by atoms with van der Waals surface area (Å²) in [5, 5.41) is 0. The molecule has 70 heavy (non-hydrogen) atoms. The van der Waals surface area contributed by atoms with E-state index in [-0.39, 0.29) is 47.3 Å². The first kappa shape index (κ1) is 44.5. The quantitative estimate of drug-likeness (QED) is 0.109. The lowest BCUT2D eigenvalue weighted by Gasteiger charge is -2.26. The maximum absolute atomic E-state index is 14.3. The molecule has 0 unspecified atom stereocenters. The van der Waals surface area contributed by atoms with Gasteiger partial charge in [0.05, 0.1) is 77.8 Å². The van der Waals surface area contributed by atoms with Crippen LogP contribution < -0.4 is 9.80 Å². The number of fused-ring (bicyclic) bond motifs is 8. The third-order valence-electron chi connectivity index (χ3n) is 14.3. The van der Waals surface area contributed by atoms with Gasteiger partial charge in [-0.25, -0.2) is 29.7 Å². The van der Waals surface area contributed by atoms with E-state index in [1.807, 2.05) is 36.4 Å². The summed E-state index contributed by atoms with van der Waals surface area (Å²) in [7, 11) is 0. The van der Waals surface area contributed by atoms with Gasteiger partial charge in [0, 0.05) is 0 Å². The topological polar surface area (TPSA) is 126 Å². The number of imide groups is 2. The largest absolute Gasteiger partial charge is 0.268 e. The Bertz CT molecular complexity index is 3460. The molecular weight excluding hydrogens is 869 g/mol. The second-order valence-electron chi connectivity index (χ2n) is 20.1. The molecule has 0 radical (unpaired) electrons. The van der Waals surface area contributed by atoms with Gasteiger partial charge in [-0.05, 0) is 165 Å². The normalized spacial score (nSPS) is 15.0. The van der Waals surface area contributed by atoms with E-state index in [1.165, 1.54) is 9.80 Å². The van der Waals surface area contributed by atoms with E-state index < -0.39 is 0 Å². The highest BCUT2D eigenvalue weighted by Gasteiger charge is 2.42. The van der Waals surface area contributed by atoms with Crippen molar-refractivity contribution in [3.05, 3.63) is 164 Å². The highest BCUT2D eigenvalue weighted by Crippen LogP contribution is 2.44. The number of anilines is 2. The zero-order chi connectivity index (χ0) is 49.2. The molecule has 11 rings (SSSR count). The van der Waals surface area contributed by atoms with E-state index in [2.05, 4.69) is 92.8 Å². The van der Waals surface area contributed by atoms with Crippen molar-refractivity contribution >= 4 is 103 Å². The summed E-state index contributed by atoms with van der Waals surface area (Å²) in [6, 6.07) is 23.2. The minimum Gasteiger partial charge on any atom is -0.268 e. The maximum atomic E-state index is 14.3. The molecule has 0 fully saturated rings. The number of rotatable bonds is 8. The summed E-state index contributed by atoms with van der Waals surface area (Å²) >= 11 is 0. The summed E-state index contributed by atoms with van der Waals surface area (Å²) in [5.74, 6) is -1.25. The summed E-state index contributed by atoms with van der Waals surface area (Å²) in [6.07, 6.45) is 9.20. The van der Waals surface area contributed by atoms with Crippen LogP contribution in [0.1, 0.15) is 176 Å². The second-order valence-corrected chi connectivity index (χ2v) is 20.1. The van der Waals surface area contributed by atoms with Crippen molar-refractivity contribution in [3.8, 4) is 0 Å². The summed E-state index contributed by atoms with van der Waals surface area (Å²) in [6.45, 7) is 24.5. The Hall–Kier alpha value is -7.98. The van der Waals surface area contributed by atoms with Crippen LogP contribution in [0, 0.1) is 0 Å². The molecule has 4 heterocycles. The smallest absolute Gasteiger partial charge is 0.266 e. The van der Waals surface area contributed by atoms with Crippen LogP contribution >= 0.6 is 0 Å². The Morgan fingerprint density at radius 1 is 0.400 bits per heavy atom. The van der Waals surface area contributed by atoms with Crippen LogP contribution in [0.2, 0.25) is 0 Å². The predicted octanol–water partition coefficient (Wildman–Crippen LogP) is 13.5. The molecule has 0 saturated carbocycles. The standard InChI is InChI=1S/C60H52N6O4/c1-11-33-17-39(29(3)4)55(40(18-33)30(5)6)65-57(67)43-25-51-52(26-44(43)58(65)68)62-48-22-36-14-16-38-24-50-49(23-37(38)15-13-35(36)21-47(48)61-51)63-53-27-45-46(28-54(53)64-50)60(70)66(59(45)69)56-41(31(7)8)19-34(12-2)20-42(56)32(9)10/h11-13,15,17-32H,1-2,14,16H2,3-10H3/b15-13-. The molecule has 8 aromatic rings. The van der Waals surface area contributed by atoms with Gasteiger partial charge in [0.15, 0.2) is 0 Å². The lowest BCUT2D eigenvalue weighted by atomic mass is 9.89. The summed E-state index contributed by atoms with van der Waals surface area (Å²) in [4.78, 5) is 80.1. The molecule has 2 aliphatic heterocycles. The van der Waals surface area contributed by atoms with Gasteiger partial charge < -0.3 is 0 Å². The fourth-order valence-electron chi connectivity index (χ4n) is 10.6. The molecule has 4 amide bonds. The van der Waals surface area contributed by atoms with Gasteiger partial charge in [-0.15, -0.1) is 0 Å². The van der Waals surface area contributed by atoms with Crippen molar-refractivity contribution in [2.24, 2.45) is 0 Å². The lowest BCUT2D eigenvalue weighted by Crippen LogP contribution is -2.32. The second kappa shape index (κ2) is 16.3. The molecule has 2 aromatic heterocycles. The Morgan fingerprint density at radius 3 is 0.914 bits per heavy atom. The van der Waals surface area contributed by atoms with E-state index in [0.717, 1.165) is 55.6 Å². The van der Waals surface area contributed by atoms with Gasteiger partial charge in [-0.2, -0.15) is 0 Å². The maximum Gasteiger partial charge on any atom is 0.266 e. The zero-order valence-electron chi connectivity index (χ0n) is 40.7. The molecule has 0 bridgehead atoms. The molecule has 346 valence electrons. The van der Waals surface area contributed by atoms with Gasteiger partial charge in [0.25, 0.3) is 23.6 Å². The monoisotopic (exact) mass is 920 g/mol. The van der Waals surface area contributed by atoms with Crippen molar-refractivity contribution < 1.29 is 19.2 Å². The number of nitrogens with zero attached hydrogens (tertiary/aromatic N) is 6. The third-order valence-corrected chi connectivity index (χ3v) is 14.3. The van der Waals surface area contributed by atoms with Crippen molar-refractivity contribution in [2.75, 3.05) is 9.80 Å². The van der Waals surface area contributed by atoms with Crippen molar-refractivity contribution in [3.63, 3.8) is 0 Å². The Morgan fingerprint density at radius 2 is 0.657 bits per heavy atom. The van der Waals surface area contributed by atoms with E-state index in [4.69, 9.17) is 19.9 Å². The highest BCUT2D eigenvalue weighted by atomic mass is 16.2. The predicted molar refractivity (Wildman–Crippen MR) is 282 cm³/mol. The minimum absolute atomic E-state index is 0.0532. The van der Waals surface area contributed by atoms with Crippen LogP contribution in [0.15, 0.2) is 86.0 Å². The van der Waals surface area contributed by atoms with Gasteiger partial charge in [0.2, 0.25) is 0 Å². The number of carbonyl (C=O) groups excluding carboxylic acids is 4. The molecule has 0 saturated heterocycles. The first-order valence-electron chi connectivity index (χ1n) is 24.2. The number of benzene rings is 6. The molecule has 6 aromatic carbocycles. The molecule has 0 atom stereocenters. The molecule has 10 nitrogen and oxygen atoms in total. The van der Waals surface area contributed by atoms with Crippen LogP contribution in [0.25, 0.3) is 68.4 Å². The van der Waals surface area contributed by atoms with Crippen LogP contribution in [0.5, 0.6) is 0 Å². The SMILES string of the molecule is C=Cc1cc(C(C)C)c(N2C(=O)c3cc4nc5cc6c(cc5nc4cc3C2=O)CCc2cc3nc4cc5c(cc4nc3cc2/C=C\6)C(=O)N(c2c(C(C)C)cc(C=C)cc2C(C)C)C5=O)c(C(C)C)c1. The number of aryl methyl sites for hydroxylation is 2. The first-order chi connectivity index (χ1) is 33.5. The van der Waals surface area contributed by atoms with Gasteiger partial charge >= 0.3 is 0 Å². The first-order valence-corrected chi connectivity index (χ1v) is 24.2. The molecular formula is C60H52N6O4. The van der Waals surface area contributed by atoms with Crippen LogP contribution in [-0.4, -0.2) is 43.6 Å². The minimum atomic E-state index is -0.366. The Kier molecular flexibility index (Phi) is 10.4. The molecule has 0 spiro atoms. The number of amides is 4. The van der Waals surface area contributed by atoms with Crippen molar-refractivity contribution in [1.29, 1.82) is 0 Å². The number of hydrogen-bond acceptors (Lipinski definition) is 8. The molecule has 1 aliphatic carbocycles. The zero-order valence-corrected chi connectivity index (χ0v) is 40.7. The fraction of sp³-hybridized carbons (Fsp3) is 0.233. The van der Waals surface area contributed by atoms with Crippen molar-refractivity contribution in [1.82, 2.24) is 19.9 Å². The average molecular weight is 921 g/mol.